The third-order valence-corrected chi connectivity index (χ3v) is 5.69. The van der Waals surface area contributed by atoms with Crippen LogP contribution < -0.4 is 26.3 Å². The molecule has 7 nitrogen and oxygen atoms in total. The van der Waals surface area contributed by atoms with Crippen molar-refractivity contribution in [1.82, 2.24) is 20.3 Å². The van der Waals surface area contributed by atoms with E-state index in [-0.39, 0.29) is 6.09 Å². The van der Waals surface area contributed by atoms with E-state index < -0.39 is 21.0 Å². The van der Waals surface area contributed by atoms with Gasteiger partial charge in [0.1, 0.15) is 5.78 Å². The monoisotopic (exact) mass is 510 g/mol. The van der Waals surface area contributed by atoms with Crippen molar-refractivity contribution in [3.8, 4) is 0 Å². The molecule has 1 aromatic rings. The molecule has 1 aromatic heterocycles. The topological polar surface area (TPSA) is 86.1 Å². The first-order valence-electron chi connectivity index (χ1n) is 9.96. The van der Waals surface area contributed by atoms with Gasteiger partial charge in [0, 0.05) is 26.4 Å². The quantitative estimate of drug-likeness (QED) is 0.373. The molecule has 3 atom stereocenters. The minimum absolute atomic E-state index is 0.308. The van der Waals surface area contributed by atoms with Gasteiger partial charge in [0.15, 0.2) is 0 Å². The van der Waals surface area contributed by atoms with E-state index in [2.05, 4.69) is 25.4 Å². The van der Waals surface area contributed by atoms with Crippen LogP contribution in [0.4, 0.5) is 4.79 Å². The van der Waals surface area contributed by atoms with Crippen molar-refractivity contribution in [3.63, 3.8) is 0 Å². The number of carbonyl (C=O) groups is 2. The number of rotatable bonds is 7. The predicted octanol–water partition coefficient (Wildman–Crippen LogP) is -0.749. The molecular formula is C18H30IN4O3S-. The summed E-state index contributed by atoms with van der Waals surface area (Å²) in [6.07, 6.45) is 5.82. The maximum absolute atomic E-state index is 11.5. The summed E-state index contributed by atoms with van der Waals surface area (Å²) in [5, 5.41) is 11.2. The molecule has 1 fully saturated rings. The van der Waals surface area contributed by atoms with E-state index in [4.69, 9.17) is 5.33 Å². The molecule has 9 heteroatoms. The second kappa shape index (κ2) is 11.2. The van der Waals surface area contributed by atoms with E-state index in [0.29, 0.717) is 43.0 Å². The van der Waals surface area contributed by atoms with Crippen molar-refractivity contribution in [2.24, 2.45) is 17.8 Å². The van der Waals surface area contributed by atoms with Crippen LogP contribution in [-0.4, -0.2) is 41.1 Å². The number of nitrogens with one attached hydrogen (secondary N) is 1. The van der Waals surface area contributed by atoms with Gasteiger partial charge in [0.2, 0.25) is 0 Å². The molecule has 0 bridgehead atoms. The fraction of sp³-hybridized carbons (Fsp3) is 0.778. The zero-order valence-corrected chi connectivity index (χ0v) is 19.0. The van der Waals surface area contributed by atoms with Gasteiger partial charge in [-0.05, 0) is 49.9 Å². The van der Waals surface area contributed by atoms with Gasteiger partial charge in [-0.15, -0.1) is 5.10 Å². The molecule has 0 aromatic carbocycles. The van der Waals surface area contributed by atoms with E-state index in [9.17, 15) is 9.59 Å². The number of aromatic nitrogens is 3. The van der Waals surface area contributed by atoms with Gasteiger partial charge >= 0.3 is 37.5 Å². The summed E-state index contributed by atoms with van der Waals surface area (Å²) in [5.41, 5.74) is 2.35. The van der Waals surface area contributed by atoms with Gasteiger partial charge in [0.05, 0.1) is 18.0 Å². The molecule has 0 unspecified atom stereocenters. The Morgan fingerprint density at radius 2 is 2.11 bits per heavy atom. The van der Waals surface area contributed by atoms with Gasteiger partial charge in [-0.2, -0.15) is 0 Å². The van der Waals surface area contributed by atoms with Crippen LogP contribution in [0.2, 0.25) is 0 Å². The number of aryl methyl sites for hydroxylation is 2. The van der Waals surface area contributed by atoms with E-state index in [0.717, 1.165) is 44.3 Å². The Morgan fingerprint density at radius 3 is 2.78 bits per heavy atom. The van der Waals surface area contributed by atoms with Crippen LogP contribution in [-0.2, 0) is 28.9 Å². The molecule has 0 aliphatic heterocycles. The Hall–Kier alpha value is -0.840. The summed E-state index contributed by atoms with van der Waals surface area (Å²) in [4.78, 5) is 22.7. The van der Waals surface area contributed by atoms with Gasteiger partial charge in [-0.1, -0.05) is 12.1 Å². The zero-order chi connectivity index (χ0) is 20.5. The Morgan fingerprint density at radius 1 is 1.41 bits per heavy atom. The normalized spacial score (nSPS) is 23.5. The number of thiol groups is 1. The summed E-state index contributed by atoms with van der Waals surface area (Å²) in [6.45, 7) is 3.19. The second-order valence-corrected chi connectivity index (χ2v) is 7.12. The molecule has 0 saturated heterocycles. The Labute approximate surface area is 178 Å². The summed E-state index contributed by atoms with van der Waals surface area (Å²) in [6, 6.07) is 0. The second-order valence-electron chi connectivity index (χ2n) is 7.12. The number of ether oxygens (including phenoxy) is 1. The van der Waals surface area contributed by atoms with Crippen LogP contribution >= 0.6 is 9.80 Å². The van der Waals surface area contributed by atoms with Crippen LogP contribution in [0.5, 0.6) is 0 Å². The first kappa shape index (κ1) is 20.9. The average Bonchev–Trinajstić information content (AvgIpc) is 3.19. The molecule has 1 heterocycles. The Kier molecular flexibility index (Phi) is 8.69. The summed E-state index contributed by atoms with van der Waals surface area (Å²) >= 11 is -0.466. The molecule has 27 heavy (non-hydrogen) atoms. The van der Waals surface area contributed by atoms with E-state index in [1.54, 1.807) is 7.05 Å². The molecule has 154 valence electrons. The molecule has 1 saturated carbocycles. The van der Waals surface area contributed by atoms with Crippen LogP contribution in [0.25, 0.3) is 0 Å². The first-order chi connectivity index (χ1) is 13.5. The fourth-order valence-electron chi connectivity index (χ4n) is 4.10. The Bertz CT molecular complexity index is 661. The number of ketones is 1. The van der Waals surface area contributed by atoms with Crippen molar-refractivity contribution >= 4 is 21.7 Å². The molecule has 2 aliphatic rings. The molecule has 0 radical (unpaired) electrons. The number of nitrogens with zero attached hydrogens (tertiary/aromatic N) is 3. The molecular weight excluding hydrogens is 479 g/mol. The molecule has 1 N–H and O–H groups in total. The number of alkyl carbamates (subject to hydrolysis) is 1. The fourth-order valence-corrected chi connectivity index (χ4v) is 4.10. The van der Waals surface area contributed by atoms with Crippen molar-refractivity contribution in [2.45, 2.75) is 58.4 Å². The Balaban J connectivity index is 0.000000878. The van der Waals surface area contributed by atoms with Crippen LogP contribution in [0.3, 0.4) is 0 Å². The standard InChI is InChI=1S/C18H28N4O3.H2IS/c1-3-12(23)5-4-10-22-17-9-7-14-13(6-8-16(17)20-21-22)15(14)11-25-18(24)19-2;1-2/h13-15H,3-11H2,1-2H3,(H,19,24);1-2H/q;-1/t13-,14+,15-;/m0./s1/i;1D. The number of fused-ring (bicyclic) bond motifs is 2. The van der Waals surface area contributed by atoms with E-state index in [1.165, 1.54) is 5.69 Å². The van der Waals surface area contributed by atoms with E-state index in [1.807, 2.05) is 11.6 Å². The summed E-state index contributed by atoms with van der Waals surface area (Å²) < 4.78 is 13.4. The number of halogens is 1. The molecule has 0 spiro atoms. The number of hydrogen-bond acceptors (Lipinski definition) is 6. The molecule has 2 aliphatic carbocycles. The van der Waals surface area contributed by atoms with Gasteiger partial charge in [-0.25, -0.2) is 9.48 Å². The van der Waals surface area contributed by atoms with Crippen LogP contribution in [0.1, 0.15) is 50.4 Å². The van der Waals surface area contributed by atoms with Crippen molar-refractivity contribution < 1.29 is 35.3 Å². The van der Waals surface area contributed by atoms with Gasteiger partial charge in [-0.3, -0.25) is 4.79 Å². The molecule has 3 rings (SSSR count). The third-order valence-electron chi connectivity index (χ3n) is 5.69. The summed E-state index contributed by atoms with van der Waals surface area (Å²) in [5.74, 6) is 2.08. The van der Waals surface area contributed by atoms with Crippen LogP contribution in [0.15, 0.2) is 0 Å². The minimum atomic E-state index is -0.466. The number of hydrogen-bond donors (Lipinski definition) is 2. The predicted molar refractivity (Wildman–Crippen MR) is 102 cm³/mol. The maximum atomic E-state index is 11.5. The van der Waals surface area contributed by atoms with Crippen molar-refractivity contribution in [2.75, 3.05) is 13.7 Å². The average molecular weight is 510 g/mol. The number of amides is 1. The van der Waals surface area contributed by atoms with Gasteiger partial charge < -0.3 is 10.1 Å². The third kappa shape index (κ3) is 6.07. The zero-order valence-electron chi connectivity index (χ0n) is 17.0. The molecule has 1 amide bonds. The van der Waals surface area contributed by atoms with E-state index >= 15 is 0 Å². The summed E-state index contributed by atoms with van der Waals surface area (Å²) in [7, 11) is 5.15. The van der Waals surface area contributed by atoms with Crippen LogP contribution in [0, 0.1) is 17.8 Å². The van der Waals surface area contributed by atoms with Crippen molar-refractivity contribution in [3.05, 3.63) is 11.4 Å². The number of carbonyl (C=O) groups excluding carboxylic acids is 2. The SMILES string of the molecule is CCC(=O)CCCn1nnc2c1CC[C@@H]1[C@H](CC2)[C@@H]1COC(=O)NC.[2H][I-]S. The van der Waals surface area contributed by atoms with Gasteiger partial charge in [0.25, 0.3) is 0 Å². The van der Waals surface area contributed by atoms with Crippen molar-refractivity contribution in [1.29, 1.82) is 0.594 Å². The number of Topliss-reactive ketones (excluding diaryl/α,β-unsaturated/α-hetero) is 1. The first-order valence-corrected chi connectivity index (χ1v) is 12.8.